The minimum atomic E-state index is -0.332. The molecule has 0 atom stereocenters. The summed E-state index contributed by atoms with van der Waals surface area (Å²) in [4.78, 5) is 20.4. The van der Waals surface area contributed by atoms with E-state index in [1.54, 1.807) is 36.4 Å². The topological polar surface area (TPSA) is 123 Å². The highest BCUT2D eigenvalue weighted by molar-refractivity contribution is 6.32. The lowest BCUT2D eigenvalue weighted by molar-refractivity contribution is 0.0962. The van der Waals surface area contributed by atoms with Crippen LogP contribution in [-0.2, 0) is 0 Å². The van der Waals surface area contributed by atoms with Crippen molar-refractivity contribution >= 4 is 40.5 Å². The van der Waals surface area contributed by atoms with Gasteiger partial charge in [-0.2, -0.15) is 0 Å². The molecular weight excluding hydrogens is 396 g/mol. The van der Waals surface area contributed by atoms with Crippen molar-refractivity contribution in [1.29, 1.82) is 0 Å². The number of nitrogens with two attached hydrogens (primary N) is 1. The van der Waals surface area contributed by atoms with Gasteiger partial charge >= 0.3 is 0 Å². The van der Waals surface area contributed by atoms with Gasteiger partial charge in [0.1, 0.15) is 23.5 Å². The number of rotatable bonds is 7. The zero-order valence-corrected chi connectivity index (χ0v) is 16.4. The standard InChI is InChI=1S/C19H19ClN6O3/c1-28-14-9-15(29-2)13(8-12(14)20)24-17-16(21)18(23-10-22-17)25-26-19(27)11-6-4-3-5-7-11/h3-10H,21H2,1-2H3,(H,26,27)(H2,22,23,24,25). The van der Waals surface area contributed by atoms with E-state index in [4.69, 9.17) is 26.8 Å². The van der Waals surface area contributed by atoms with E-state index in [1.165, 1.54) is 20.5 Å². The molecule has 150 valence electrons. The van der Waals surface area contributed by atoms with Gasteiger partial charge in [0, 0.05) is 11.6 Å². The van der Waals surface area contributed by atoms with Crippen LogP contribution >= 0.6 is 11.6 Å². The summed E-state index contributed by atoms with van der Waals surface area (Å²) < 4.78 is 10.5. The van der Waals surface area contributed by atoms with E-state index in [0.29, 0.717) is 33.6 Å². The Morgan fingerprint density at radius 1 is 1.03 bits per heavy atom. The van der Waals surface area contributed by atoms with E-state index in [0.717, 1.165) is 0 Å². The first-order valence-corrected chi connectivity index (χ1v) is 8.81. The summed E-state index contributed by atoms with van der Waals surface area (Å²) in [7, 11) is 3.03. The molecule has 3 aromatic rings. The summed E-state index contributed by atoms with van der Waals surface area (Å²) >= 11 is 6.19. The Labute approximate surface area is 172 Å². The van der Waals surface area contributed by atoms with Crippen molar-refractivity contribution < 1.29 is 14.3 Å². The van der Waals surface area contributed by atoms with Crippen LogP contribution in [-0.4, -0.2) is 30.1 Å². The van der Waals surface area contributed by atoms with Crippen LogP contribution in [0.2, 0.25) is 5.02 Å². The molecule has 0 aliphatic carbocycles. The number of hydrogen-bond acceptors (Lipinski definition) is 8. The number of nitrogen functional groups attached to an aromatic ring is 1. The van der Waals surface area contributed by atoms with Crippen LogP contribution < -0.4 is 31.4 Å². The van der Waals surface area contributed by atoms with Crippen LogP contribution in [0.25, 0.3) is 0 Å². The van der Waals surface area contributed by atoms with Gasteiger partial charge < -0.3 is 20.5 Å². The molecule has 10 heteroatoms. The number of nitrogens with zero attached hydrogens (tertiary/aromatic N) is 2. The molecule has 1 amide bonds. The first-order valence-electron chi connectivity index (χ1n) is 8.44. The fraction of sp³-hybridized carbons (Fsp3) is 0.105. The molecular formula is C19H19ClN6O3. The summed E-state index contributed by atoms with van der Waals surface area (Å²) in [5, 5.41) is 3.44. The van der Waals surface area contributed by atoms with Gasteiger partial charge in [0.2, 0.25) is 0 Å². The number of carbonyl (C=O) groups excluding carboxylic acids is 1. The Morgan fingerprint density at radius 2 is 1.72 bits per heavy atom. The molecule has 0 radical (unpaired) electrons. The van der Waals surface area contributed by atoms with Crippen molar-refractivity contribution in [2.45, 2.75) is 0 Å². The fourth-order valence-electron chi connectivity index (χ4n) is 2.46. The van der Waals surface area contributed by atoms with Crippen LogP contribution in [0.5, 0.6) is 11.5 Å². The number of hydrazine groups is 1. The zero-order valence-electron chi connectivity index (χ0n) is 15.7. The summed E-state index contributed by atoms with van der Waals surface area (Å²) in [6, 6.07) is 12.0. The van der Waals surface area contributed by atoms with Gasteiger partial charge in [-0.1, -0.05) is 29.8 Å². The number of nitrogens with one attached hydrogen (secondary N) is 3. The maximum absolute atomic E-state index is 12.2. The Balaban J connectivity index is 1.79. The van der Waals surface area contributed by atoms with E-state index >= 15 is 0 Å². The third-order valence-electron chi connectivity index (χ3n) is 3.94. The maximum atomic E-state index is 12.2. The number of hydrogen-bond donors (Lipinski definition) is 4. The van der Waals surface area contributed by atoms with Gasteiger partial charge in [0.15, 0.2) is 11.6 Å². The summed E-state index contributed by atoms with van der Waals surface area (Å²) in [5.74, 6) is 1.15. The smallest absolute Gasteiger partial charge is 0.269 e. The van der Waals surface area contributed by atoms with Gasteiger partial charge in [0.25, 0.3) is 5.91 Å². The van der Waals surface area contributed by atoms with E-state index in [-0.39, 0.29) is 17.4 Å². The van der Waals surface area contributed by atoms with E-state index < -0.39 is 0 Å². The third kappa shape index (κ3) is 4.58. The number of carbonyl (C=O) groups is 1. The molecule has 0 bridgehead atoms. The molecule has 0 saturated carbocycles. The highest BCUT2D eigenvalue weighted by Gasteiger charge is 2.14. The van der Waals surface area contributed by atoms with Crippen molar-refractivity contribution in [2.75, 3.05) is 30.7 Å². The van der Waals surface area contributed by atoms with Gasteiger partial charge in [-0.05, 0) is 18.2 Å². The molecule has 0 aliphatic rings. The van der Waals surface area contributed by atoms with Crippen molar-refractivity contribution in [1.82, 2.24) is 15.4 Å². The number of amides is 1. The van der Waals surface area contributed by atoms with Crippen molar-refractivity contribution in [2.24, 2.45) is 0 Å². The highest BCUT2D eigenvalue weighted by Crippen LogP contribution is 2.38. The second-order valence-electron chi connectivity index (χ2n) is 5.74. The number of aromatic nitrogens is 2. The second-order valence-corrected chi connectivity index (χ2v) is 6.15. The Bertz CT molecular complexity index is 1020. The van der Waals surface area contributed by atoms with E-state index in [9.17, 15) is 4.79 Å². The molecule has 29 heavy (non-hydrogen) atoms. The van der Waals surface area contributed by atoms with Gasteiger partial charge in [-0.3, -0.25) is 15.6 Å². The summed E-state index contributed by atoms with van der Waals surface area (Å²) in [5.41, 5.74) is 12.6. The van der Waals surface area contributed by atoms with Crippen molar-refractivity contribution in [3.05, 3.63) is 59.4 Å². The molecule has 9 nitrogen and oxygen atoms in total. The van der Waals surface area contributed by atoms with E-state index in [2.05, 4.69) is 26.1 Å². The fourth-order valence-corrected chi connectivity index (χ4v) is 2.70. The number of anilines is 4. The average Bonchev–Trinajstić information content (AvgIpc) is 2.75. The van der Waals surface area contributed by atoms with Crippen LogP contribution in [0.3, 0.4) is 0 Å². The minimum absolute atomic E-state index is 0.190. The molecule has 1 aromatic heterocycles. The molecule has 0 unspecified atom stereocenters. The lowest BCUT2D eigenvalue weighted by atomic mass is 10.2. The van der Waals surface area contributed by atoms with Crippen LogP contribution in [0.1, 0.15) is 10.4 Å². The number of ether oxygens (including phenoxy) is 2. The predicted molar refractivity (Wildman–Crippen MR) is 112 cm³/mol. The van der Waals surface area contributed by atoms with Crippen LogP contribution in [0.15, 0.2) is 48.8 Å². The number of methoxy groups -OCH3 is 2. The predicted octanol–water partition coefficient (Wildman–Crippen LogP) is 3.23. The number of benzene rings is 2. The molecule has 0 saturated heterocycles. The minimum Gasteiger partial charge on any atom is -0.495 e. The highest BCUT2D eigenvalue weighted by atomic mass is 35.5. The molecule has 0 aliphatic heterocycles. The first-order chi connectivity index (χ1) is 14.0. The molecule has 0 spiro atoms. The summed E-state index contributed by atoms with van der Waals surface area (Å²) in [6.45, 7) is 0. The first kappa shape index (κ1) is 20.0. The Morgan fingerprint density at radius 3 is 2.41 bits per heavy atom. The van der Waals surface area contributed by atoms with Crippen molar-refractivity contribution in [3.8, 4) is 11.5 Å². The van der Waals surface area contributed by atoms with E-state index in [1.807, 2.05) is 6.07 Å². The monoisotopic (exact) mass is 414 g/mol. The lowest BCUT2D eigenvalue weighted by Crippen LogP contribution is -2.30. The third-order valence-corrected chi connectivity index (χ3v) is 4.24. The second kappa shape index (κ2) is 8.98. The Hall–Kier alpha value is -3.72. The quantitative estimate of drug-likeness (QED) is 0.434. The SMILES string of the molecule is COc1cc(OC)c(Nc2ncnc(NNC(=O)c3ccccc3)c2N)cc1Cl. The van der Waals surface area contributed by atoms with Crippen LogP contribution in [0, 0.1) is 0 Å². The maximum Gasteiger partial charge on any atom is 0.269 e. The van der Waals surface area contributed by atoms with Crippen LogP contribution in [0.4, 0.5) is 23.0 Å². The molecule has 1 heterocycles. The van der Waals surface area contributed by atoms with Gasteiger partial charge in [0.05, 0.1) is 24.9 Å². The molecule has 0 fully saturated rings. The lowest BCUT2D eigenvalue weighted by Gasteiger charge is -2.16. The molecule has 5 N–H and O–H groups in total. The van der Waals surface area contributed by atoms with Gasteiger partial charge in [-0.15, -0.1) is 0 Å². The molecule has 3 rings (SSSR count). The average molecular weight is 415 g/mol. The zero-order chi connectivity index (χ0) is 20.8. The summed E-state index contributed by atoms with van der Waals surface area (Å²) in [6.07, 6.45) is 1.30. The van der Waals surface area contributed by atoms with Gasteiger partial charge in [-0.25, -0.2) is 9.97 Å². The molecule has 2 aromatic carbocycles. The number of halogens is 1. The largest absolute Gasteiger partial charge is 0.495 e. The van der Waals surface area contributed by atoms with Crippen molar-refractivity contribution in [3.63, 3.8) is 0 Å². The normalized spacial score (nSPS) is 10.2. The Kier molecular flexibility index (Phi) is 6.20.